The lowest BCUT2D eigenvalue weighted by Gasteiger charge is -2.24. The van der Waals surface area contributed by atoms with Crippen LogP contribution in [0.1, 0.15) is 54.0 Å². The number of pyridine rings is 1. The van der Waals surface area contributed by atoms with E-state index in [1.54, 1.807) is 0 Å². The zero-order valence-corrected chi connectivity index (χ0v) is 16.1. The van der Waals surface area contributed by atoms with Crippen LogP contribution in [-0.2, 0) is 17.8 Å². The minimum atomic E-state index is -0.162. The van der Waals surface area contributed by atoms with Crippen LogP contribution < -0.4 is 5.32 Å². The maximum atomic E-state index is 9.34. The predicted molar refractivity (Wildman–Crippen MR) is 109 cm³/mol. The molecule has 3 aromatic rings. The Balaban J connectivity index is 1.64. The highest BCUT2D eigenvalue weighted by Gasteiger charge is 2.24. The van der Waals surface area contributed by atoms with E-state index in [2.05, 4.69) is 39.6 Å². The molecule has 0 saturated carbocycles. The lowest BCUT2D eigenvalue weighted by Crippen LogP contribution is -2.19. The summed E-state index contributed by atoms with van der Waals surface area (Å²) in [6, 6.07) is 9.55. The number of hydrogen-bond acceptors (Lipinski definition) is 4. The molecule has 5 heteroatoms. The number of fused-ring (bicyclic) bond motifs is 2. The zero-order valence-electron chi connectivity index (χ0n) is 16.1. The van der Waals surface area contributed by atoms with Crippen molar-refractivity contribution in [1.29, 1.82) is 5.26 Å². The van der Waals surface area contributed by atoms with E-state index in [4.69, 9.17) is 4.74 Å². The third kappa shape index (κ3) is 2.90. The van der Waals surface area contributed by atoms with Crippen LogP contribution in [-0.4, -0.2) is 23.1 Å². The number of H-pyrrole nitrogens is 1. The summed E-state index contributed by atoms with van der Waals surface area (Å²) in [5.74, 6) is -0.162. The number of nitrogens with one attached hydrogen (secondary N) is 2. The molecule has 2 aliphatic heterocycles. The molecule has 5 nitrogen and oxygen atoms in total. The van der Waals surface area contributed by atoms with Crippen molar-refractivity contribution in [3.8, 4) is 17.2 Å². The molecule has 4 heterocycles. The normalized spacial score (nSPS) is 20.1. The summed E-state index contributed by atoms with van der Waals surface area (Å²) in [5.41, 5.74) is 8.30. The molecule has 0 spiro atoms. The second kappa shape index (κ2) is 7.05. The standard InChI is InChI=1S/C23H24N4O/c1-14(10-24)20-12-27-23-19(20)9-17(11-26-23)16-7-15-4-6-28-13-21(15)18(8-16)22-3-2-5-25-22/h7-9,11-12,14,22,25H,2-6,13H2,1H3,(H,26,27). The Morgan fingerprint density at radius 2 is 2.21 bits per heavy atom. The summed E-state index contributed by atoms with van der Waals surface area (Å²) in [4.78, 5) is 7.83. The van der Waals surface area contributed by atoms with E-state index in [1.165, 1.54) is 35.1 Å². The summed E-state index contributed by atoms with van der Waals surface area (Å²) in [6.45, 7) is 4.50. The largest absolute Gasteiger partial charge is 0.376 e. The molecule has 2 unspecified atom stereocenters. The molecule has 2 aliphatic rings. The van der Waals surface area contributed by atoms with Gasteiger partial charge in [0.15, 0.2) is 0 Å². The van der Waals surface area contributed by atoms with Gasteiger partial charge in [-0.2, -0.15) is 5.26 Å². The molecule has 0 bridgehead atoms. The number of nitriles is 1. The van der Waals surface area contributed by atoms with Crippen molar-refractivity contribution in [2.45, 2.75) is 44.8 Å². The van der Waals surface area contributed by atoms with Crippen LogP contribution in [0, 0.1) is 11.3 Å². The van der Waals surface area contributed by atoms with Crippen LogP contribution >= 0.6 is 0 Å². The fourth-order valence-electron chi connectivity index (χ4n) is 4.55. The van der Waals surface area contributed by atoms with E-state index in [9.17, 15) is 5.26 Å². The fourth-order valence-corrected chi connectivity index (χ4v) is 4.55. The maximum Gasteiger partial charge on any atom is 0.137 e. The Kier molecular flexibility index (Phi) is 4.38. The molecule has 2 N–H and O–H groups in total. The lowest BCUT2D eigenvalue weighted by atomic mass is 9.88. The van der Waals surface area contributed by atoms with Gasteiger partial charge < -0.3 is 15.0 Å². The quantitative estimate of drug-likeness (QED) is 0.717. The number of aromatic nitrogens is 2. The Labute approximate surface area is 164 Å². The second-order valence-electron chi connectivity index (χ2n) is 7.87. The van der Waals surface area contributed by atoms with Crippen molar-refractivity contribution in [3.63, 3.8) is 0 Å². The maximum absolute atomic E-state index is 9.34. The highest BCUT2D eigenvalue weighted by Crippen LogP contribution is 2.36. The highest BCUT2D eigenvalue weighted by molar-refractivity contribution is 5.85. The summed E-state index contributed by atoms with van der Waals surface area (Å²) in [5, 5.41) is 14.0. The van der Waals surface area contributed by atoms with Gasteiger partial charge in [0.1, 0.15) is 5.65 Å². The molecule has 142 valence electrons. The van der Waals surface area contributed by atoms with Crippen LogP contribution in [0.15, 0.2) is 30.6 Å². The molecular formula is C23H24N4O. The third-order valence-electron chi connectivity index (χ3n) is 6.13. The van der Waals surface area contributed by atoms with Gasteiger partial charge in [-0.1, -0.05) is 6.07 Å². The molecule has 28 heavy (non-hydrogen) atoms. The van der Waals surface area contributed by atoms with Crippen molar-refractivity contribution in [2.24, 2.45) is 0 Å². The van der Waals surface area contributed by atoms with E-state index in [0.29, 0.717) is 12.6 Å². The van der Waals surface area contributed by atoms with E-state index >= 15 is 0 Å². The minimum absolute atomic E-state index is 0.162. The van der Waals surface area contributed by atoms with Gasteiger partial charge in [-0.15, -0.1) is 0 Å². The summed E-state index contributed by atoms with van der Waals surface area (Å²) in [6.07, 6.45) is 7.20. The molecule has 0 amide bonds. The van der Waals surface area contributed by atoms with Gasteiger partial charge in [0.2, 0.25) is 0 Å². The highest BCUT2D eigenvalue weighted by atomic mass is 16.5. The van der Waals surface area contributed by atoms with Gasteiger partial charge in [-0.05, 0) is 72.7 Å². The van der Waals surface area contributed by atoms with E-state index < -0.39 is 0 Å². The van der Waals surface area contributed by atoms with Crippen molar-refractivity contribution in [2.75, 3.05) is 13.2 Å². The molecule has 2 aromatic heterocycles. The Morgan fingerprint density at radius 3 is 3.04 bits per heavy atom. The van der Waals surface area contributed by atoms with Crippen LogP contribution in [0.5, 0.6) is 0 Å². The van der Waals surface area contributed by atoms with Crippen LogP contribution in [0.4, 0.5) is 0 Å². The first kappa shape index (κ1) is 17.4. The first-order valence-electron chi connectivity index (χ1n) is 10.1. The number of rotatable bonds is 3. The number of hydrogen-bond donors (Lipinski definition) is 2. The second-order valence-corrected chi connectivity index (χ2v) is 7.87. The minimum Gasteiger partial charge on any atom is -0.376 e. The Morgan fingerprint density at radius 1 is 1.29 bits per heavy atom. The average Bonchev–Trinajstić information content (AvgIpc) is 3.42. The first-order chi connectivity index (χ1) is 13.7. The van der Waals surface area contributed by atoms with Gasteiger partial charge in [-0.3, -0.25) is 0 Å². The predicted octanol–water partition coefficient (Wildman–Crippen LogP) is 4.35. The van der Waals surface area contributed by atoms with Gasteiger partial charge in [0.25, 0.3) is 0 Å². The Bertz CT molecular complexity index is 1070. The number of benzene rings is 1. The van der Waals surface area contributed by atoms with Gasteiger partial charge in [-0.25, -0.2) is 4.98 Å². The van der Waals surface area contributed by atoms with Crippen molar-refractivity contribution in [1.82, 2.24) is 15.3 Å². The van der Waals surface area contributed by atoms with E-state index in [1.807, 2.05) is 19.3 Å². The SMILES string of the molecule is CC(C#N)c1c[nH]c2ncc(-c3cc4c(c(C5CCCN5)c3)COCC4)cc12. The monoisotopic (exact) mass is 372 g/mol. The molecule has 1 saturated heterocycles. The summed E-state index contributed by atoms with van der Waals surface area (Å²) in [7, 11) is 0. The van der Waals surface area contributed by atoms with Crippen molar-refractivity contribution >= 4 is 11.0 Å². The lowest BCUT2D eigenvalue weighted by molar-refractivity contribution is 0.109. The topological polar surface area (TPSA) is 73.7 Å². The molecular weight excluding hydrogens is 348 g/mol. The molecule has 0 aliphatic carbocycles. The number of ether oxygens (including phenoxy) is 1. The average molecular weight is 372 g/mol. The Hall–Kier alpha value is -2.68. The fraction of sp³-hybridized carbons (Fsp3) is 0.391. The van der Waals surface area contributed by atoms with E-state index in [0.717, 1.165) is 41.7 Å². The van der Waals surface area contributed by atoms with Crippen LogP contribution in [0.3, 0.4) is 0 Å². The molecule has 2 atom stereocenters. The van der Waals surface area contributed by atoms with Gasteiger partial charge in [0, 0.05) is 29.4 Å². The van der Waals surface area contributed by atoms with Crippen LogP contribution in [0.2, 0.25) is 0 Å². The molecule has 1 fully saturated rings. The summed E-state index contributed by atoms with van der Waals surface area (Å²) >= 11 is 0. The van der Waals surface area contributed by atoms with Crippen LogP contribution in [0.25, 0.3) is 22.2 Å². The first-order valence-corrected chi connectivity index (χ1v) is 10.1. The molecule has 1 aromatic carbocycles. The smallest absolute Gasteiger partial charge is 0.137 e. The van der Waals surface area contributed by atoms with Crippen molar-refractivity contribution in [3.05, 3.63) is 52.8 Å². The molecule has 5 rings (SSSR count). The van der Waals surface area contributed by atoms with Gasteiger partial charge >= 0.3 is 0 Å². The van der Waals surface area contributed by atoms with Gasteiger partial charge in [0.05, 0.1) is 25.2 Å². The third-order valence-corrected chi connectivity index (χ3v) is 6.13. The molecule has 0 radical (unpaired) electrons. The van der Waals surface area contributed by atoms with Crippen molar-refractivity contribution < 1.29 is 4.74 Å². The summed E-state index contributed by atoms with van der Waals surface area (Å²) < 4.78 is 5.77. The number of aromatic amines is 1. The zero-order chi connectivity index (χ0) is 19.1. The van der Waals surface area contributed by atoms with E-state index in [-0.39, 0.29) is 5.92 Å². The number of nitrogens with zero attached hydrogens (tertiary/aromatic N) is 2.